The van der Waals surface area contributed by atoms with Crippen molar-refractivity contribution in [3.63, 3.8) is 0 Å². The van der Waals surface area contributed by atoms with E-state index >= 15 is 0 Å². The summed E-state index contributed by atoms with van der Waals surface area (Å²) in [6.07, 6.45) is 0.728. The average Bonchev–Trinajstić information content (AvgIpc) is 1.98. The van der Waals surface area contributed by atoms with Crippen LogP contribution in [0.1, 0.15) is 20.3 Å². The van der Waals surface area contributed by atoms with E-state index in [2.05, 4.69) is 0 Å². The molecule has 0 saturated heterocycles. The summed E-state index contributed by atoms with van der Waals surface area (Å²) >= 11 is 0. The zero-order valence-electron chi connectivity index (χ0n) is 7.18. The number of hydrogen-bond donors (Lipinski definition) is 1. The van der Waals surface area contributed by atoms with Crippen molar-refractivity contribution in [2.75, 3.05) is 13.7 Å². The molecule has 3 heteroatoms. The number of ether oxygens (including phenoxy) is 1. The molecule has 3 nitrogen and oxygen atoms in total. The van der Waals surface area contributed by atoms with Crippen LogP contribution >= 0.6 is 0 Å². The van der Waals surface area contributed by atoms with Gasteiger partial charge in [-0.25, -0.2) is 4.79 Å². The van der Waals surface area contributed by atoms with Crippen LogP contribution < -0.4 is 0 Å². The molecule has 0 aliphatic heterocycles. The summed E-state index contributed by atoms with van der Waals surface area (Å²) in [7, 11) is 1.56. The quantitative estimate of drug-likeness (QED) is 0.630. The highest BCUT2D eigenvalue weighted by Gasteiger charge is 2.06. The fourth-order valence-corrected chi connectivity index (χ4v) is 0.801. The second-order valence-electron chi connectivity index (χ2n) is 2.32. The monoisotopic (exact) mass is 158 g/mol. The summed E-state index contributed by atoms with van der Waals surface area (Å²) in [4.78, 5) is 10.5. The van der Waals surface area contributed by atoms with Crippen molar-refractivity contribution in [3.05, 3.63) is 11.1 Å². The first kappa shape index (κ1) is 10.2. The molecule has 0 heterocycles. The van der Waals surface area contributed by atoms with Crippen LogP contribution in [0.2, 0.25) is 0 Å². The van der Waals surface area contributed by atoms with Gasteiger partial charge in [-0.1, -0.05) is 6.92 Å². The Kier molecular flexibility index (Phi) is 4.54. The lowest BCUT2D eigenvalue weighted by Gasteiger charge is -2.04. The maximum absolute atomic E-state index is 10.5. The summed E-state index contributed by atoms with van der Waals surface area (Å²) in [6, 6.07) is 0. The third-order valence-electron chi connectivity index (χ3n) is 1.60. The van der Waals surface area contributed by atoms with Crippen LogP contribution in [-0.2, 0) is 9.53 Å². The van der Waals surface area contributed by atoms with E-state index in [1.54, 1.807) is 14.0 Å². The lowest BCUT2D eigenvalue weighted by atomic mass is 10.1. The van der Waals surface area contributed by atoms with Crippen molar-refractivity contribution in [1.82, 2.24) is 0 Å². The van der Waals surface area contributed by atoms with Gasteiger partial charge in [-0.15, -0.1) is 0 Å². The van der Waals surface area contributed by atoms with E-state index < -0.39 is 5.97 Å². The SMILES string of the molecule is CCC(COC)=C(C)C(=O)O. The Morgan fingerprint density at radius 2 is 2.09 bits per heavy atom. The van der Waals surface area contributed by atoms with Crippen molar-refractivity contribution >= 4 is 5.97 Å². The Bertz CT molecular complexity index is 170. The molecule has 0 aliphatic carbocycles. The van der Waals surface area contributed by atoms with E-state index in [0.717, 1.165) is 12.0 Å². The van der Waals surface area contributed by atoms with Gasteiger partial charge in [0.2, 0.25) is 0 Å². The first-order valence-electron chi connectivity index (χ1n) is 3.54. The minimum atomic E-state index is -0.862. The number of aliphatic carboxylic acids is 1. The number of methoxy groups -OCH3 is 1. The average molecular weight is 158 g/mol. The lowest BCUT2D eigenvalue weighted by Crippen LogP contribution is -2.04. The van der Waals surface area contributed by atoms with Crippen molar-refractivity contribution < 1.29 is 14.6 Å². The van der Waals surface area contributed by atoms with Gasteiger partial charge in [0, 0.05) is 12.7 Å². The van der Waals surface area contributed by atoms with Crippen LogP contribution in [0, 0.1) is 0 Å². The molecule has 0 radical (unpaired) electrons. The second-order valence-corrected chi connectivity index (χ2v) is 2.32. The highest BCUT2D eigenvalue weighted by molar-refractivity contribution is 5.86. The van der Waals surface area contributed by atoms with Gasteiger partial charge in [0.25, 0.3) is 0 Å². The lowest BCUT2D eigenvalue weighted by molar-refractivity contribution is -0.132. The molecule has 0 aromatic rings. The predicted octanol–water partition coefficient (Wildman–Crippen LogP) is 1.44. The maximum Gasteiger partial charge on any atom is 0.331 e. The van der Waals surface area contributed by atoms with Gasteiger partial charge >= 0.3 is 5.97 Å². The first-order chi connectivity index (χ1) is 5.13. The number of carboxylic acids is 1. The van der Waals surface area contributed by atoms with Gasteiger partial charge in [0.05, 0.1) is 6.61 Å². The minimum Gasteiger partial charge on any atom is -0.478 e. The smallest absolute Gasteiger partial charge is 0.331 e. The molecule has 0 spiro atoms. The van der Waals surface area contributed by atoms with Gasteiger partial charge < -0.3 is 9.84 Å². The van der Waals surface area contributed by atoms with Crippen molar-refractivity contribution in [3.8, 4) is 0 Å². The normalized spacial score (nSPS) is 12.6. The zero-order valence-corrected chi connectivity index (χ0v) is 7.18. The van der Waals surface area contributed by atoms with Crippen molar-refractivity contribution in [2.24, 2.45) is 0 Å². The molecule has 1 N–H and O–H groups in total. The van der Waals surface area contributed by atoms with Gasteiger partial charge in [0.15, 0.2) is 0 Å². The molecule has 11 heavy (non-hydrogen) atoms. The van der Waals surface area contributed by atoms with Crippen molar-refractivity contribution in [1.29, 1.82) is 0 Å². The predicted molar refractivity (Wildman–Crippen MR) is 42.5 cm³/mol. The molecule has 0 atom stereocenters. The third kappa shape index (κ3) is 3.18. The molecule has 0 bridgehead atoms. The van der Waals surface area contributed by atoms with Gasteiger partial charge in [-0.05, 0) is 18.9 Å². The summed E-state index contributed by atoms with van der Waals surface area (Å²) in [5, 5.41) is 8.60. The Hall–Kier alpha value is -0.830. The largest absolute Gasteiger partial charge is 0.478 e. The van der Waals surface area contributed by atoms with Gasteiger partial charge in [-0.3, -0.25) is 0 Å². The highest BCUT2D eigenvalue weighted by atomic mass is 16.5. The summed E-state index contributed by atoms with van der Waals surface area (Å²) in [5.41, 5.74) is 1.24. The topological polar surface area (TPSA) is 46.5 Å². The fraction of sp³-hybridized carbons (Fsp3) is 0.625. The van der Waals surface area contributed by atoms with Crippen LogP contribution in [0.25, 0.3) is 0 Å². The summed E-state index contributed by atoms with van der Waals surface area (Å²) in [5.74, 6) is -0.862. The van der Waals surface area contributed by atoms with Gasteiger partial charge in [0.1, 0.15) is 0 Å². The van der Waals surface area contributed by atoms with E-state index in [9.17, 15) is 4.79 Å². The van der Waals surface area contributed by atoms with E-state index in [4.69, 9.17) is 9.84 Å². The number of carbonyl (C=O) groups is 1. The van der Waals surface area contributed by atoms with Crippen LogP contribution in [0.15, 0.2) is 11.1 Å². The molecule has 0 amide bonds. The summed E-state index contributed by atoms with van der Waals surface area (Å²) in [6.45, 7) is 3.93. The molecule has 0 unspecified atom stereocenters. The Morgan fingerprint density at radius 1 is 1.55 bits per heavy atom. The molecule has 0 fully saturated rings. The minimum absolute atomic E-state index is 0.398. The maximum atomic E-state index is 10.5. The Labute approximate surface area is 66.7 Å². The van der Waals surface area contributed by atoms with Crippen LogP contribution in [0.4, 0.5) is 0 Å². The molecule has 64 valence electrons. The van der Waals surface area contributed by atoms with Crippen LogP contribution in [-0.4, -0.2) is 24.8 Å². The third-order valence-corrected chi connectivity index (χ3v) is 1.60. The highest BCUT2D eigenvalue weighted by Crippen LogP contribution is 2.08. The van der Waals surface area contributed by atoms with Crippen LogP contribution in [0.5, 0.6) is 0 Å². The first-order valence-corrected chi connectivity index (χ1v) is 3.54. The number of carboxylic acid groups (broad SMARTS) is 1. The molecular weight excluding hydrogens is 144 g/mol. The zero-order chi connectivity index (χ0) is 8.85. The number of rotatable bonds is 4. The van der Waals surface area contributed by atoms with E-state index in [-0.39, 0.29) is 0 Å². The van der Waals surface area contributed by atoms with E-state index in [1.807, 2.05) is 6.92 Å². The molecule has 0 rings (SSSR count). The Morgan fingerprint density at radius 3 is 2.36 bits per heavy atom. The standard InChI is InChI=1S/C8H14O3/c1-4-7(5-11-3)6(2)8(9)10/h4-5H2,1-3H3,(H,9,10). The fourth-order valence-electron chi connectivity index (χ4n) is 0.801. The molecule has 0 aromatic carbocycles. The molecular formula is C8H14O3. The van der Waals surface area contributed by atoms with E-state index in [0.29, 0.717) is 12.2 Å². The Balaban J connectivity index is 4.39. The molecule has 0 saturated carbocycles. The van der Waals surface area contributed by atoms with Crippen LogP contribution in [0.3, 0.4) is 0 Å². The molecule has 0 aromatic heterocycles. The summed E-state index contributed by atoms with van der Waals surface area (Å²) < 4.78 is 4.84. The second kappa shape index (κ2) is 4.91. The van der Waals surface area contributed by atoms with Gasteiger partial charge in [-0.2, -0.15) is 0 Å². The number of hydrogen-bond acceptors (Lipinski definition) is 2. The van der Waals surface area contributed by atoms with Crippen molar-refractivity contribution in [2.45, 2.75) is 20.3 Å². The van der Waals surface area contributed by atoms with E-state index in [1.165, 1.54) is 0 Å². The molecule has 0 aliphatic rings.